The first-order valence-electron chi connectivity index (χ1n) is 11.5. The van der Waals surface area contributed by atoms with Gasteiger partial charge >= 0.3 is 0 Å². The highest BCUT2D eigenvalue weighted by atomic mass is 16.7. The van der Waals surface area contributed by atoms with Gasteiger partial charge in [0.1, 0.15) is 0 Å². The van der Waals surface area contributed by atoms with Gasteiger partial charge in [0.25, 0.3) is 11.6 Å². The minimum Gasteiger partial charge on any atom is -0.454 e. The van der Waals surface area contributed by atoms with Crippen LogP contribution in [0.4, 0.5) is 5.69 Å². The molecule has 0 spiro atoms. The van der Waals surface area contributed by atoms with Gasteiger partial charge in [-0.2, -0.15) is 0 Å². The van der Waals surface area contributed by atoms with Crippen molar-refractivity contribution < 1.29 is 19.2 Å². The fourth-order valence-electron chi connectivity index (χ4n) is 4.36. The molecule has 2 aliphatic rings. The predicted octanol–water partition coefficient (Wildman–Crippen LogP) is 4.21. The third kappa shape index (κ3) is 5.17. The summed E-state index contributed by atoms with van der Waals surface area (Å²) in [4.78, 5) is 28.5. The summed E-state index contributed by atoms with van der Waals surface area (Å²) < 4.78 is 10.9. The topological polar surface area (TPSA) is 85.2 Å². The first kappa shape index (κ1) is 22.6. The van der Waals surface area contributed by atoms with E-state index >= 15 is 0 Å². The highest BCUT2D eigenvalue weighted by molar-refractivity contribution is 6.24. The largest absolute Gasteiger partial charge is 0.454 e. The average Bonchev–Trinajstić information content (AvgIpc) is 3.36. The Morgan fingerprint density at radius 3 is 2.46 bits per heavy atom. The number of hydrogen-bond donors (Lipinski definition) is 0. The van der Waals surface area contributed by atoms with Crippen molar-refractivity contribution in [1.82, 2.24) is 9.80 Å². The Balaban J connectivity index is 1.30. The fraction of sp³-hybridized carbons (Fsp3) is 0.222. The van der Waals surface area contributed by atoms with Crippen LogP contribution in [0.2, 0.25) is 0 Å². The van der Waals surface area contributed by atoms with Crippen molar-refractivity contribution in [2.75, 3.05) is 33.0 Å². The summed E-state index contributed by atoms with van der Waals surface area (Å²) in [7, 11) is 0. The molecule has 0 unspecified atom stereocenters. The molecule has 1 saturated heterocycles. The summed E-state index contributed by atoms with van der Waals surface area (Å²) in [6, 6.07) is 21.7. The normalized spacial score (nSPS) is 15.8. The second-order valence-corrected chi connectivity index (χ2v) is 8.53. The lowest BCUT2D eigenvalue weighted by atomic mass is 10.0. The lowest BCUT2D eigenvalue weighted by molar-refractivity contribution is -0.384. The SMILES string of the molecule is O=C(/C(=C/c1cccc([N+](=O)[O-])c1)c1ccccc1)N1CCN(Cc2ccc3c(c2)OCO3)CC1. The Morgan fingerprint density at radius 1 is 0.914 bits per heavy atom. The van der Waals surface area contributed by atoms with Crippen LogP contribution in [0.5, 0.6) is 11.5 Å². The zero-order valence-electron chi connectivity index (χ0n) is 19.1. The van der Waals surface area contributed by atoms with Crippen LogP contribution in [-0.2, 0) is 11.3 Å². The third-order valence-corrected chi connectivity index (χ3v) is 6.21. The highest BCUT2D eigenvalue weighted by Crippen LogP contribution is 2.33. The predicted molar refractivity (Wildman–Crippen MR) is 132 cm³/mol. The molecule has 0 radical (unpaired) electrons. The zero-order chi connectivity index (χ0) is 24.2. The van der Waals surface area contributed by atoms with E-state index in [2.05, 4.69) is 4.90 Å². The maximum atomic E-state index is 13.6. The Labute approximate surface area is 203 Å². The molecule has 0 aromatic heterocycles. The summed E-state index contributed by atoms with van der Waals surface area (Å²) in [5, 5.41) is 11.2. The number of nitro groups is 1. The number of nitrogens with zero attached hydrogens (tertiary/aromatic N) is 3. The molecule has 0 aliphatic carbocycles. The second-order valence-electron chi connectivity index (χ2n) is 8.53. The van der Waals surface area contributed by atoms with Gasteiger partial charge in [0.05, 0.1) is 4.92 Å². The van der Waals surface area contributed by atoms with Gasteiger partial charge in [0.2, 0.25) is 6.79 Å². The van der Waals surface area contributed by atoms with E-state index in [1.807, 2.05) is 53.4 Å². The standard InChI is InChI=1S/C27H25N3O5/c31-27(24(22-6-2-1-3-7-22)16-20-5-4-8-23(15-20)30(32)33)29-13-11-28(12-14-29)18-21-9-10-25-26(17-21)35-19-34-25/h1-10,15-17H,11-14,18-19H2/b24-16+. The summed E-state index contributed by atoms with van der Waals surface area (Å²) in [6.07, 6.45) is 1.74. The van der Waals surface area contributed by atoms with Gasteiger partial charge in [0.15, 0.2) is 11.5 Å². The number of fused-ring (bicyclic) bond motifs is 1. The first-order chi connectivity index (χ1) is 17.1. The van der Waals surface area contributed by atoms with Gasteiger partial charge in [-0.1, -0.05) is 48.5 Å². The van der Waals surface area contributed by atoms with Crippen molar-refractivity contribution in [3.05, 3.63) is 99.6 Å². The lowest BCUT2D eigenvalue weighted by Gasteiger charge is -2.35. The van der Waals surface area contributed by atoms with Crippen molar-refractivity contribution in [2.45, 2.75) is 6.54 Å². The van der Waals surface area contributed by atoms with Crippen molar-refractivity contribution in [3.8, 4) is 11.5 Å². The van der Waals surface area contributed by atoms with Crippen LogP contribution in [0.1, 0.15) is 16.7 Å². The Morgan fingerprint density at radius 2 is 1.69 bits per heavy atom. The second kappa shape index (κ2) is 9.99. The summed E-state index contributed by atoms with van der Waals surface area (Å²) in [5.41, 5.74) is 3.07. The smallest absolute Gasteiger partial charge is 0.270 e. The highest BCUT2D eigenvalue weighted by Gasteiger charge is 2.25. The molecule has 8 nitrogen and oxygen atoms in total. The molecular formula is C27H25N3O5. The van der Waals surface area contributed by atoms with Gasteiger partial charge in [0, 0.05) is 50.4 Å². The minimum absolute atomic E-state index is 0.00394. The number of non-ortho nitro benzene ring substituents is 1. The van der Waals surface area contributed by atoms with Crippen molar-refractivity contribution in [2.24, 2.45) is 0 Å². The van der Waals surface area contributed by atoms with Crippen molar-refractivity contribution >= 4 is 23.2 Å². The molecule has 0 saturated carbocycles. The monoisotopic (exact) mass is 471 g/mol. The number of piperazine rings is 1. The minimum atomic E-state index is -0.430. The van der Waals surface area contributed by atoms with Crippen LogP contribution in [0.25, 0.3) is 11.6 Å². The lowest BCUT2D eigenvalue weighted by Crippen LogP contribution is -2.48. The van der Waals surface area contributed by atoms with Crippen molar-refractivity contribution in [3.63, 3.8) is 0 Å². The van der Waals surface area contributed by atoms with Gasteiger partial charge < -0.3 is 14.4 Å². The Kier molecular flexibility index (Phi) is 6.45. The molecule has 8 heteroatoms. The number of nitro benzene ring substituents is 1. The van der Waals surface area contributed by atoms with E-state index in [-0.39, 0.29) is 18.4 Å². The van der Waals surface area contributed by atoms with Gasteiger partial charge in [-0.3, -0.25) is 19.8 Å². The number of amides is 1. The van der Waals surface area contributed by atoms with E-state index in [0.29, 0.717) is 24.2 Å². The summed E-state index contributed by atoms with van der Waals surface area (Å²) in [6.45, 7) is 3.73. The van der Waals surface area contributed by atoms with Crippen LogP contribution in [0.3, 0.4) is 0 Å². The average molecular weight is 472 g/mol. The molecule has 178 valence electrons. The Bertz CT molecular complexity index is 1270. The molecule has 2 aliphatic heterocycles. The quantitative estimate of drug-likeness (QED) is 0.232. The van der Waals surface area contributed by atoms with Gasteiger partial charge in [-0.25, -0.2) is 0 Å². The molecule has 3 aromatic carbocycles. The molecule has 2 heterocycles. The van der Waals surface area contributed by atoms with Crippen LogP contribution < -0.4 is 9.47 Å². The maximum absolute atomic E-state index is 13.6. The molecular weight excluding hydrogens is 446 g/mol. The number of ether oxygens (including phenoxy) is 2. The van der Waals surface area contributed by atoms with Gasteiger partial charge in [-0.15, -0.1) is 0 Å². The molecule has 0 N–H and O–H groups in total. The number of carbonyl (C=O) groups excluding carboxylic acids is 1. The maximum Gasteiger partial charge on any atom is 0.270 e. The molecule has 35 heavy (non-hydrogen) atoms. The summed E-state index contributed by atoms with van der Waals surface area (Å²) in [5.74, 6) is 1.47. The molecule has 1 fully saturated rings. The van der Waals surface area contributed by atoms with Gasteiger partial charge in [-0.05, 0) is 34.9 Å². The number of benzene rings is 3. The zero-order valence-corrected chi connectivity index (χ0v) is 19.1. The number of carbonyl (C=O) groups is 1. The molecule has 0 atom stereocenters. The van der Waals surface area contributed by atoms with E-state index < -0.39 is 4.92 Å². The van der Waals surface area contributed by atoms with Crippen LogP contribution >= 0.6 is 0 Å². The van der Waals surface area contributed by atoms with E-state index in [0.717, 1.165) is 42.3 Å². The van der Waals surface area contributed by atoms with Crippen LogP contribution in [0, 0.1) is 10.1 Å². The van der Waals surface area contributed by atoms with Crippen molar-refractivity contribution in [1.29, 1.82) is 0 Å². The first-order valence-corrected chi connectivity index (χ1v) is 11.5. The summed E-state index contributed by atoms with van der Waals surface area (Å²) >= 11 is 0. The molecule has 3 aromatic rings. The molecule has 0 bridgehead atoms. The van der Waals surface area contributed by atoms with E-state index in [1.54, 1.807) is 18.2 Å². The fourth-order valence-corrected chi connectivity index (χ4v) is 4.36. The van der Waals surface area contributed by atoms with Crippen LogP contribution in [0.15, 0.2) is 72.8 Å². The molecule has 1 amide bonds. The molecule has 5 rings (SSSR count). The van der Waals surface area contributed by atoms with E-state index in [4.69, 9.17) is 9.47 Å². The van der Waals surface area contributed by atoms with Crippen LogP contribution in [-0.4, -0.2) is 53.6 Å². The van der Waals surface area contributed by atoms with E-state index in [9.17, 15) is 14.9 Å². The number of rotatable bonds is 6. The number of hydrogen-bond acceptors (Lipinski definition) is 6. The third-order valence-electron chi connectivity index (χ3n) is 6.21. The Hall–Kier alpha value is -4.17. The van der Waals surface area contributed by atoms with E-state index in [1.165, 1.54) is 12.1 Å².